The van der Waals surface area contributed by atoms with E-state index in [4.69, 9.17) is 5.26 Å². The van der Waals surface area contributed by atoms with Crippen molar-refractivity contribution in [1.82, 2.24) is 0 Å². The van der Waals surface area contributed by atoms with E-state index in [1.807, 2.05) is 0 Å². The van der Waals surface area contributed by atoms with Crippen LogP contribution in [0.5, 0.6) is 0 Å². The minimum atomic E-state index is -4.51. The number of benzene rings is 1. The van der Waals surface area contributed by atoms with Gasteiger partial charge in [-0.1, -0.05) is 18.6 Å². The van der Waals surface area contributed by atoms with Crippen molar-refractivity contribution < 1.29 is 17.4 Å². The summed E-state index contributed by atoms with van der Waals surface area (Å²) in [4.78, 5) is 0. The highest BCUT2D eigenvalue weighted by atomic mass is 32.2. The van der Waals surface area contributed by atoms with Gasteiger partial charge in [-0.25, -0.2) is 0 Å². The molecule has 1 fully saturated rings. The van der Waals surface area contributed by atoms with Gasteiger partial charge in [0.05, 0.1) is 22.4 Å². The average molecular weight is 325 g/mol. The summed E-state index contributed by atoms with van der Waals surface area (Å²) in [7, 11) is -0.974. The van der Waals surface area contributed by atoms with Crippen molar-refractivity contribution in [3.63, 3.8) is 0 Å². The third kappa shape index (κ3) is 2.70. The molecule has 1 saturated heterocycles. The largest absolute Gasteiger partial charge is 0.417 e. The quantitative estimate of drug-likeness (QED) is 0.782. The summed E-state index contributed by atoms with van der Waals surface area (Å²) in [5, 5.41) is 8.64. The van der Waals surface area contributed by atoms with Gasteiger partial charge in [0.25, 0.3) is 0 Å². The molecule has 2 aliphatic rings. The van der Waals surface area contributed by atoms with E-state index in [0.29, 0.717) is 12.0 Å². The predicted octanol–water partition coefficient (Wildman–Crippen LogP) is 4.03. The van der Waals surface area contributed by atoms with Gasteiger partial charge in [0, 0.05) is 16.0 Å². The Bertz CT molecular complexity index is 702. The van der Waals surface area contributed by atoms with Crippen LogP contribution >= 0.6 is 0 Å². The van der Waals surface area contributed by atoms with Gasteiger partial charge in [-0.3, -0.25) is 4.21 Å². The van der Waals surface area contributed by atoms with Crippen molar-refractivity contribution in [2.75, 3.05) is 0 Å². The van der Waals surface area contributed by atoms with E-state index in [2.05, 4.69) is 0 Å². The molecule has 0 spiro atoms. The number of nitriles is 1. The van der Waals surface area contributed by atoms with Crippen LogP contribution in [0.3, 0.4) is 0 Å². The van der Waals surface area contributed by atoms with Crippen molar-refractivity contribution in [3.8, 4) is 6.07 Å². The van der Waals surface area contributed by atoms with E-state index >= 15 is 0 Å². The van der Waals surface area contributed by atoms with E-state index < -0.39 is 22.5 Å². The van der Waals surface area contributed by atoms with Crippen molar-refractivity contribution in [2.24, 2.45) is 0 Å². The molecule has 0 N–H and O–H groups in total. The van der Waals surface area contributed by atoms with E-state index in [9.17, 15) is 17.4 Å². The summed E-state index contributed by atoms with van der Waals surface area (Å²) in [6.45, 7) is 0. The van der Waals surface area contributed by atoms with Gasteiger partial charge in [-0.05, 0) is 42.5 Å². The lowest BCUT2D eigenvalue weighted by molar-refractivity contribution is -0.137. The van der Waals surface area contributed by atoms with Gasteiger partial charge in [0.2, 0.25) is 0 Å². The van der Waals surface area contributed by atoms with Gasteiger partial charge < -0.3 is 0 Å². The molecule has 0 radical (unpaired) electrons. The highest BCUT2D eigenvalue weighted by Crippen LogP contribution is 2.41. The van der Waals surface area contributed by atoms with Crippen LogP contribution in [0.25, 0.3) is 5.57 Å². The van der Waals surface area contributed by atoms with Gasteiger partial charge in [-0.15, -0.1) is 0 Å². The minimum Gasteiger partial charge on any atom is -0.259 e. The fourth-order valence-electron chi connectivity index (χ4n) is 3.23. The summed E-state index contributed by atoms with van der Waals surface area (Å²) >= 11 is 0. The third-order valence-electron chi connectivity index (χ3n) is 4.28. The predicted molar refractivity (Wildman–Crippen MR) is 78.3 cm³/mol. The Morgan fingerprint density at radius 1 is 1.27 bits per heavy atom. The average Bonchev–Trinajstić information content (AvgIpc) is 2.45. The molecule has 22 heavy (non-hydrogen) atoms. The Morgan fingerprint density at radius 3 is 2.68 bits per heavy atom. The maximum absolute atomic E-state index is 13.3. The summed E-state index contributed by atoms with van der Waals surface area (Å²) in [6, 6.07) is 5.43. The molecule has 0 aromatic heterocycles. The molecule has 3 rings (SSSR count). The Hall–Kier alpha value is -1.61. The zero-order valence-electron chi connectivity index (χ0n) is 11.7. The van der Waals surface area contributed by atoms with Crippen LogP contribution in [0.4, 0.5) is 13.2 Å². The first kappa shape index (κ1) is 15.3. The normalized spacial score (nSPS) is 27.9. The Labute approximate surface area is 129 Å². The Morgan fingerprint density at radius 2 is 2.05 bits per heavy atom. The molecule has 1 aromatic carbocycles. The fourth-order valence-corrected chi connectivity index (χ4v) is 5.16. The van der Waals surface area contributed by atoms with Crippen molar-refractivity contribution in [3.05, 3.63) is 41.0 Å². The molecule has 6 heteroatoms. The smallest absolute Gasteiger partial charge is 0.259 e. The number of allylic oxidation sites excluding steroid dienone is 1. The number of nitrogens with zero attached hydrogens (tertiary/aromatic N) is 1. The number of hydrogen-bond acceptors (Lipinski definition) is 2. The van der Waals surface area contributed by atoms with Crippen LogP contribution in [0.15, 0.2) is 24.3 Å². The zero-order valence-corrected chi connectivity index (χ0v) is 12.5. The zero-order chi connectivity index (χ0) is 15.9. The standard InChI is InChI=1S/C16H14F3NOS/c17-16(18,19)15-6-10(9-20)4-5-14(15)11-7-12-2-1-3-13(8-11)22(12)21/h4-7,12-13H,1-3,8H2. The molecule has 3 atom stereocenters. The van der Waals surface area contributed by atoms with Gasteiger partial charge in [-0.2, -0.15) is 18.4 Å². The van der Waals surface area contributed by atoms with E-state index in [-0.39, 0.29) is 21.6 Å². The Kier molecular flexibility index (Phi) is 3.85. The second kappa shape index (κ2) is 5.54. The summed E-state index contributed by atoms with van der Waals surface area (Å²) in [6.07, 6.45) is 0.210. The third-order valence-corrected chi connectivity index (χ3v) is 6.30. The lowest BCUT2D eigenvalue weighted by Gasteiger charge is -2.33. The molecule has 1 aromatic rings. The second-order valence-corrected chi connectivity index (χ2v) is 7.62. The van der Waals surface area contributed by atoms with Crippen LogP contribution in [-0.2, 0) is 17.0 Å². The minimum absolute atomic E-state index is 0.00347. The van der Waals surface area contributed by atoms with Crippen LogP contribution in [0.1, 0.15) is 42.4 Å². The molecule has 2 nitrogen and oxygen atoms in total. The first-order valence-electron chi connectivity index (χ1n) is 7.12. The molecule has 0 aliphatic carbocycles. The fraction of sp³-hybridized carbons (Fsp3) is 0.438. The monoisotopic (exact) mass is 325 g/mol. The molecule has 3 unspecified atom stereocenters. The molecular formula is C16H14F3NOS. The van der Waals surface area contributed by atoms with Crippen LogP contribution in [0.2, 0.25) is 0 Å². The number of halogens is 3. The van der Waals surface area contributed by atoms with E-state index in [0.717, 1.165) is 25.3 Å². The second-order valence-electron chi connectivity index (χ2n) is 5.69. The topological polar surface area (TPSA) is 40.9 Å². The first-order valence-corrected chi connectivity index (χ1v) is 8.39. The highest BCUT2D eigenvalue weighted by Gasteiger charge is 2.38. The molecule has 116 valence electrons. The number of rotatable bonds is 1. The van der Waals surface area contributed by atoms with Gasteiger partial charge in [0.1, 0.15) is 0 Å². The van der Waals surface area contributed by atoms with Crippen LogP contribution in [-0.4, -0.2) is 14.7 Å². The molecule has 2 aliphatic heterocycles. The molecule has 0 saturated carbocycles. The highest BCUT2D eigenvalue weighted by molar-refractivity contribution is 7.86. The maximum atomic E-state index is 13.3. The molecular weight excluding hydrogens is 311 g/mol. The number of alkyl halides is 3. The lowest BCUT2D eigenvalue weighted by Crippen LogP contribution is -2.33. The number of hydrogen-bond donors (Lipinski definition) is 0. The SMILES string of the molecule is N#Cc1ccc(C2=CC3CCCC(C2)S3=O)c(C(F)(F)F)c1. The van der Waals surface area contributed by atoms with Crippen LogP contribution in [0, 0.1) is 11.3 Å². The molecule has 2 bridgehead atoms. The summed E-state index contributed by atoms with van der Waals surface area (Å²) < 4.78 is 52.0. The first-order chi connectivity index (χ1) is 10.4. The maximum Gasteiger partial charge on any atom is 0.417 e. The summed E-state index contributed by atoms with van der Waals surface area (Å²) in [5.41, 5.74) is -0.0361. The molecule has 0 amide bonds. The van der Waals surface area contributed by atoms with Crippen molar-refractivity contribution in [2.45, 2.75) is 42.4 Å². The Balaban J connectivity index is 2.09. The van der Waals surface area contributed by atoms with E-state index in [1.165, 1.54) is 12.1 Å². The van der Waals surface area contributed by atoms with Crippen LogP contribution < -0.4 is 0 Å². The van der Waals surface area contributed by atoms with Crippen molar-refractivity contribution >= 4 is 16.4 Å². The van der Waals surface area contributed by atoms with Gasteiger partial charge >= 0.3 is 6.18 Å². The number of fused-ring (bicyclic) bond motifs is 2. The lowest BCUT2D eigenvalue weighted by atomic mass is 9.90. The van der Waals surface area contributed by atoms with E-state index in [1.54, 1.807) is 12.1 Å². The molecule has 2 heterocycles. The van der Waals surface area contributed by atoms with Gasteiger partial charge in [0.15, 0.2) is 0 Å². The summed E-state index contributed by atoms with van der Waals surface area (Å²) in [5.74, 6) is 0. The van der Waals surface area contributed by atoms with Crippen molar-refractivity contribution in [1.29, 1.82) is 5.26 Å².